The van der Waals surface area contributed by atoms with Crippen LogP contribution in [0.4, 0.5) is 0 Å². The van der Waals surface area contributed by atoms with Crippen molar-refractivity contribution in [1.82, 2.24) is 46.5 Å². The van der Waals surface area contributed by atoms with Crippen molar-refractivity contribution in [3.63, 3.8) is 0 Å². The Balaban J connectivity index is 1.30. The number of fused-ring (bicyclic) bond motifs is 2. The van der Waals surface area contributed by atoms with Crippen LogP contribution >= 0.6 is 0 Å². The van der Waals surface area contributed by atoms with Gasteiger partial charge in [-0.15, -0.1) is 0 Å². The van der Waals surface area contributed by atoms with Gasteiger partial charge >= 0.3 is 0 Å². The van der Waals surface area contributed by atoms with Gasteiger partial charge < -0.3 is 53.0 Å². The summed E-state index contributed by atoms with van der Waals surface area (Å²) in [5, 5.41) is 15.9. The number of amides is 6. The standard InChI is InChI=1S/C49H61N11O6/c1-28(2)18-39(44(51)61)56-46(63)40(19-29(3)4)58-49(66)43(22-32-25-54-38-17-11-9-15-35(32)38)60-47(64)41(20-30-12-6-5-7-13-30)59-48(65)42(21-31-24-53-37-16-10-8-14-34(31)37)57-45(62)36(50)23-33-26-52-27-55-33/h5-17,24-29,36,39-43,53-54H,18-23,50H2,1-4H3,(H2,51,61)(H,52,55)(H,56,63)(H,57,62)(H,58,66)(H,59,65)(H,60,64). The van der Waals surface area contributed by atoms with Crippen LogP contribution in [-0.2, 0) is 54.5 Å². The van der Waals surface area contributed by atoms with Crippen LogP contribution in [0.3, 0.4) is 0 Å². The number of hydrogen-bond acceptors (Lipinski definition) is 8. The van der Waals surface area contributed by atoms with Crippen molar-refractivity contribution in [2.24, 2.45) is 23.3 Å². The third-order valence-electron chi connectivity index (χ3n) is 11.4. The van der Waals surface area contributed by atoms with E-state index in [0.717, 1.165) is 32.9 Å². The largest absolute Gasteiger partial charge is 0.368 e. The number of aromatic nitrogens is 4. The molecule has 0 aliphatic rings. The van der Waals surface area contributed by atoms with E-state index >= 15 is 0 Å². The molecule has 0 fully saturated rings. The molecule has 6 unspecified atom stereocenters. The van der Waals surface area contributed by atoms with Gasteiger partial charge in [-0.25, -0.2) is 4.98 Å². The molecule has 0 radical (unpaired) electrons. The topological polar surface area (TPSA) is 275 Å². The van der Waals surface area contributed by atoms with E-state index in [1.54, 1.807) is 18.6 Å². The lowest BCUT2D eigenvalue weighted by Crippen LogP contribution is -2.60. The molecule has 0 saturated heterocycles. The molecular formula is C49H61N11O6. The van der Waals surface area contributed by atoms with Crippen LogP contribution in [0.2, 0.25) is 0 Å². The van der Waals surface area contributed by atoms with E-state index in [4.69, 9.17) is 11.5 Å². The average Bonchev–Trinajstić information content (AvgIpc) is 4.06. The number of H-pyrrole nitrogens is 3. The predicted octanol–water partition coefficient (Wildman–Crippen LogP) is 2.97. The molecule has 0 aliphatic carbocycles. The molecular weight excluding hydrogens is 839 g/mol. The lowest BCUT2D eigenvalue weighted by molar-refractivity contribution is -0.135. The second-order valence-electron chi connectivity index (χ2n) is 17.7. The second-order valence-corrected chi connectivity index (χ2v) is 17.7. The Kier molecular flexibility index (Phi) is 16.5. The summed E-state index contributed by atoms with van der Waals surface area (Å²) in [5.74, 6) is -3.87. The van der Waals surface area contributed by atoms with Gasteiger partial charge in [0.1, 0.15) is 30.2 Å². The van der Waals surface area contributed by atoms with E-state index in [2.05, 4.69) is 46.5 Å². The summed E-state index contributed by atoms with van der Waals surface area (Å²) < 4.78 is 0. The Morgan fingerprint density at radius 2 is 0.970 bits per heavy atom. The van der Waals surface area contributed by atoms with Gasteiger partial charge in [-0.05, 0) is 53.5 Å². The van der Waals surface area contributed by atoms with E-state index in [-0.39, 0.29) is 43.9 Å². The second kappa shape index (κ2) is 22.6. The lowest BCUT2D eigenvalue weighted by Gasteiger charge is -2.28. The van der Waals surface area contributed by atoms with Crippen molar-refractivity contribution in [3.05, 3.63) is 126 Å². The van der Waals surface area contributed by atoms with Gasteiger partial charge in [-0.1, -0.05) is 94.4 Å². The first-order valence-electron chi connectivity index (χ1n) is 22.3. The van der Waals surface area contributed by atoms with Crippen LogP contribution < -0.4 is 38.1 Å². The van der Waals surface area contributed by atoms with Crippen molar-refractivity contribution in [2.75, 3.05) is 0 Å². The highest BCUT2D eigenvalue weighted by Gasteiger charge is 2.34. The van der Waals surface area contributed by atoms with Gasteiger partial charge in [0.25, 0.3) is 0 Å². The highest BCUT2D eigenvalue weighted by atomic mass is 16.2. The minimum Gasteiger partial charge on any atom is -0.368 e. The fourth-order valence-corrected chi connectivity index (χ4v) is 8.03. The molecule has 17 heteroatoms. The van der Waals surface area contributed by atoms with Crippen LogP contribution in [0.1, 0.15) is 62.9 Å². The zero-order valence-corrected chi connectivity index (χ0v) is 37.7. The Morgan fingerprint density at radius 3 is 1.47 bits per heavy atom. The van der Waals surface area contributed by atoms with E-state index in [9.17, 15) is 28.8 Å². The minimum absolute atomic E-state index is 0.00827. The Bertz CT molecular complexity index is 2590. The average molecular weight is 900 g/mol. The first kappa shape index (κ1) is 48.2. The fraction of sp³-hybridized carbons (Fsp3) is 0.367. The van der Waals surface area contributed by atoms with Gasteiger partial charge in [-0.2, -0.15) is 0 Å². The summed E-state index contributed by atoms with van der Waals surface area (Å²) in [7, 11) is 0. The minimum atomic E-state index is -1.25. The third kappa shape index (κ3) is 13.2. The first-order valence-corrected chi connectivity index (χ1v) is 22.3. The molecule has 3 heterocycles. The number of nitrogens with one attached hydrogen (secondary N) is 8. The quantitative estimate of drug-likeness (QED) is 0.0456. The number of aromatic amines is 3. The monoisotopic (exact) mass is 899 g/mol. The molecule has 6 rings (SSSR count). The van der Waals surface area contributed by atoms with Crippen molar-refractivity contribution in [2.45, 2.75) is 102 Å². The Hall–Kier alpha value is -7.27. The molecule has 3 aromatic heterocycles. The molecule has 12 N–H and O–H groups in total. The molecule has 17 nitrogen and oxygen atoms in total. The molecule has 348 valence electrons. The Morgan fingerprint density at radius 1 is 0.530 bits per heavy atom. The molecule has 6 atom stereocenters. The maximum atomic E-state index is 14.8. The van der Waals surface area contributed by atoms with Crippen molar-refractivity contribution in [1.29, 1.82) is 0 Å². The van der Waals surface area contributed by atoms with Gasteiger partial charge in [0.15, 0.2) is 0 Å². The van der Waals surface area contributed by atoms with E-state index in [1.165, 1.54) is 6.33 Å². The van der Waals surface area contributed by atoms with Crippen LogP contribution in [0.25, 0.3) is 21.8 Å². The van der Waals surface area contributed by atoms with Gasteiger partial charge in [-0.3, -0.25) is 28.8 Å². The molecule has 3 aromatic carbocycles. The predicted molar refractivity (Wildman–Crippen MR) is 252 cm³/mol. The fourth-order valence-electron chi connectivity index (χ4n) is 8.03. The summed E-state index contributed by atoms with van der Waals surface area (Å²) in [6, 6.07) is 17.4. The molecule has 66 heavy (non-hydrogen) atoms. The first-order chi connectivity index (χ1) is 31.6. The summed E-state index contributed by atoms with van der Waals surface area (Å²) in [6.45, 7) is 7.60. The molecule has 0 spiro atoms. The van der Waals surface area contributed by atoms with E-state index in [1.807, 2.05) is 107 Å². The number of primary amides is 1. The van der Waals surface area contributed by atoms with E-state index < -0.39 is 71.7 Å². The van der Waals surface area contributed by atoms with Crippen molar-refractivity contribution >= 4 is 57.2 Å². The van der Waals surface area contributed by atoms with Crippen LogP contribution in [0.15, 0.2) is 104 Å². The number of benzene rings is 3. The van der Waals surface area contributed by atoms with Crippen molar-refractivity contribution < 1.29 is 28.8 Å². The number of nitrogens with two attached hydrogens (primary N) is 2. The summed E-state index contributed by atoms with van der Waals surface area (Å²) >= 11 is 0. The molecule has 6 aromatic rings. The normalized spacial score (nSPS) is 14.2. The van der Waals surface area contributed by atoms with Gasteiger partial charge in [0.05, 0.1) is 12.4 Å². The lowest BCUT2D eigenvalue weighted by atomic mass is 9.98. The number of para-hydroxylation sites is 2. The maximum Gasteiger partial charge on any atom is 0.243 e. The molecule has 0 aliphatic heterocycles. The summed E-state index contributed by atoms with van der Waals surface area (Å²) in [4.78, 5) is 97.1. The highest BCUT2D eigenvalue weighted by Crippen LogP contribution is 2.21. The molecule has 0 saturated carbocycles. The number of carbonyl (C=O) groups excluding carboxylic acids is 6. The molecule has 6 amide bonds. The van der Waals surface area contributed by atoms with Crippen LogP contribution in [-0.4, -0.2) is 91.6 Å². The van der Waals surface area contributed by atoms with Crippen LogP contribution in [0, 0.1) is 11.8 Å². The Labute approximate surface area is 383 Å². The summed E-state index contributed by atoms with van der Waals surface area (Å²) in [6.07, 6.45) is 7.33. The zero-order chi connectivity index (χ0) is 47.3. The number of hydrogen-bond donors (Lipinski definition) is 10. The van der Waals surface area contributed by atoms with Crippen LogP contribution in [0.5, 0.6) is 0 Å². The van der Waals surface area contributed by atoms with E-state index in [0.29, 0.717) is 17.7 Å². The zero-order valence-electron chi connectivity index (χ0n) is 37.7. The number of rotatable bonds is 23. The summed E-state index contributed by atoms with van der Waals surface area (Å²) in [5.41, 5.74) is 16.5. The number of nitrogens with zero attached hydrogens (tertiary/aromatic N) is 1. The number of imidazole rings is 1. The maximum absolute atomic E-state index is 14.8. The molecule has 0 bridgehead atoms. The number of carbonyl (C=O) groups is 6. The van der Waals surface area contributed by atoms with Gasteiger partial charge in [0.2, 0.25) is 35.4 Å². The highest BCUT2D eigenvalue weighted by molar-refractivity contribution is 5.97. The third-order valence-corrected chi connectivity index (χ3v) is 11.4. The smallest absolute Gasteiger partial charge is 0.243 e. The van der Waals surface area contributed by atoms with Crippen molar-refractivity contribution in [3.8, 4) is 0 Å². The van der Waals surface area contributed by atoms with Gasteiger partial charge in [0, 0.05) is 71.8 Å². The SMILES string of the molecule is CC(C)CC(NC(=O)C(CC(C)C)NC(=O)C(Cc1c[nH]c2ccccc12)NC(=O)C(Cc1ccccc1)NC(=O)C(Cc1c[nH]c2ccccc12)NC(=O)C(N)Cc1cnc[nH]1)C(N)=O.